The van der Waals surface area contributed by atoms with E-state index in [0.717, 1.165) is 5.69 Å². The zero-order chi connectivity index (χ0) is 17.1. The maximum Gasteiger partial charge on any atom is 0.272 e. The van der Waals surface area contributed by atoms with Crippen molar-refractivity contribution in [1.82, 2.24) is 9.55 Å². The number of thiophene rings is 1. The lowest BCUT2D eigenvalue weighted by Gasteiger charge is -2.14. The number of carbonyl (C=O) groups excluding carboxylic acids is 1. The Kier molecular flexibility index (Phi) is 5.01. The van der Waals surface area contributed by atoms with E-state index < -0.39 is 0 Å². The van der Waals surface area contributed by atoms with Gasteiger partial charge in [-0.25, -0.2) is 4.98 Å². The van der Waals surface area contributed by atoms with E-state index in [1.165, 1.54) is 23.1 Å². The smallest absolute Gasteiger partial charge is 0.272 e. The number of hydrogen-bond donors (Lipinski definition) is 1. The van der Waals surface area contributed by atoms with Gasteiger partial charge in [0.25, 0.3) is 5.56 Å². The van der Waals surface area contributed by atoms with Gasteiger partial charge in [0.15, 0.2) is 5.16 Å². The second kappa shape index (κ2) is 7.19. The Morgan fingerprint density at radius 1 is 1.33 bits per heavy atom. The molecule has 1 N–H and O–H groups in total. The molecule has 1 unspecified atom stereocenters. The third-order valence-electron chi connectivity index (χ3n) is 3.54. The minimum atomic E-state index is -0.369. The Balaban J connectivity index is 1.83. The minimum Gasteiger partial charge on any atom is -0.325 e. The zero-order valence-corrected chi connectivity index (χ0v) is 15.0. The van der Waals surface area contributed by atoms with Crippen molar-refractivity contribution in [1.29, 1.82) is 0 Å². The molecule has 124 valence electrons. The van der Waals surface area contributed by atoms with Gasteiger partial charge in [0.1, 0.15) is 4.70 Å². The number of hydrogen-bond acceptors (Lipinski definition) is 5. The average Bonchev–Trinajstić information content (AvgIpc) is 3.05. The summed E-state index contributed by atoms with van der Waals surface area (Å²) in [4.78, 5) is 29.4. The molecule has 0 aliphatic heterocycles. The number of rotatable bonds is 5. The molecule has 0 spiro atoms. The molecule has 0 aliphatic carbocycles. The quantitative estimate of drug-likeness (QED) is 0.558. The summed E-state index contributed by atoms with van der Waals surface area (Å²) >= 11 is 2.69. The molecule has 1 atom stereocenters. The lowest BCUT2D eigenvalue weighted by Crippen LogP contribution is -2.26. The van der Waals surface area contributed by atoms with Gasteiger partial charge in [0, 0.05) is 12.2 Å². The summed E-state index contributed by atoms with van der Waals surface area (Å²) in [5, 5.41) is 4.94. The molecule has 0 bridgehead atoms. The highest BCUT2D eigenvalue weighted by Gasteiger charge is 2.19. The molecular formula is C17H17N3O2S2. The molecule has 5 nitrogen and oxygen atoms in total. The standard InChI is InChI=1S/C17H17N3O2S2/c1-3-20-16(22)14-13(9-10-23-14)19-17(20)24-11(2)15(21)18-12-7-5-4-6-8-12/h4-11H,3H2,1-2H3,(H,18,21). The summed E-state index contributed by atoms with van der Waals surface area (Å²) in [5.41, 5.74) is 1.40. The van der Waals surface area contributed by atoms with Crippen LogP contribution in [0.4, 0.5) is 5.69 Å². The Morgan fingerprint density at radius 2 is 2.08 bits per heavy atom. The first kappa shape index (κ1) is 16.7. The van der Waals surface area contributed by atoms with Crippen LogP contribution in [0.1, 0.15) is 13.8 Å². The van der Waals surface area contributed by atoms with Crippen LogP contribution in [-0.4, -0.2) is 20.7 Å². The molecular weight excluding hydrogens is 342 g/mol. The summed E-state index contributed by atoms with van der Waals surface area (Å²) < 4.78 is 2.28. The minimum absolute atomic E-state index is 0.0457. The third kappa shape index (κ3) is 3.37. The summed E-state index contributed by atoms with van der Waals surface area (Å²) in [6.07, 6.45) is 0. The van der Waals surface area contributed by atoms with Gasteiger partial charge in [-0.1, -0.05) is 30.0 Å². The van der Waals surface area contributed by atoms with Gasteiger partial charge in [-0.05, 0) is 37.4 Å². The van der Waals surface area contributed by atoms with Gasteiger partial charge in [-0.3, -0.25) is 14.2 Å². The van der Waals surface area contributed by atoms with Crippen LogP contribution in [0.2, 0.25) is 0 Å². The van der Waals surface area contributed by atoms with E-state index in [1.54, 1.807) is 4.57 Å². The van der Waals surface area contributed by atoms with E-state index in [1.807, 2.05) is 55.6 Å². The van der Waals surface area contributed by atoms with Crippen molar-refractivity contribution in [2.24, 2.45) is 0 Å². The maximum atomic E-state index is 12.5. The predicted molar refractivity (Wildman–Crippen MR) is 99.9 cm³/mol. The molecule has 0 radical (unpaired) electrons. The van der Waals surface area contributed by atoms with Gasteiger partial charge in [-0.2, -0.15) is 0 Å². The second-order valence-corrected chi connectivity index (χ2v) is 7.42. The number of nitrogens with one attached hydrogen (secondary N) is 1. The predicted octanol–water partition coefficient (Wildman–Crippen LogP) is 3.60. The normalized spacial score (nSPS) is 12.2. The number of anilines is 1. The van der Waals surface area contributed by atoms with Crippen LogP contribution in [0.5, 0.6) is 0 Å². The van der Waals surface area contributed by atoms with Gasteiger partial charge >= 0.3 is 0 Å². The van der Waals surface area contributed by atoms with Gasteiger partial charge < -0.3 is 5.32 Å². The average molecular weight is 359 g/mol. The number of fused-ring (bicyclic) bond motifs is 1. The van der Waals surface area contributed by atoms with Crippen molar-refractivity contribution in [2.75, 3.05) is 5.32 Å². The highest BCUT2D eigenvalue weighted by atomic mass is 32.2. The van der Waals surface area contributed by atoms with Crippen LogP contribution in [0.3, 0.4) is 0 Å². The van der Waals surface area contributed by atoms with E-state index in [4.69, 9.17) is 0 Å². The maximum absolute atomic E-state index is 12.5. The number of benzene rings is 1. The number of amides is 1. The van der Waals surface area contributed by atoms with Crippen LogP contribution in [-0.2, 0) is 11.3 Å². The lowest BCUT2D eigenvalue weighted by molar-refractivity contribution is -0.115. The molecule has 1 aromatic carbocycles. The summed E-state index contributed by atoms with van der Waals surface area (Å²) in [5.74, 6) is -0.117. The van der Waals surface area contributed by atoms with Crippen molar-refractivity contribution in [2.45, 2.75) is 30.8 Å². The van der Waals surface area contributed by atoms with Crippen molar-refractivity contribution >= 4 is 44.9 Å². The fourth-order valence-corrected chi connectivity index (χ4v) is 4.02. The SMILES string of the molecule is CCn1c(SC(C)C(=O)Nc2ccccc2)nc2ccsc2c1=O. The topological polar surface area (TPSA) is 64.0 Å². The molecule has 0 saturated carbocycles. The molecule has 3 aromatic rings. The van der Waals surface area contributed by atoms with Crippen LogP contribution < -0.4 is 10.9 Å². The number of carbonyl (C=O) groups is 1. The van der Waals surface area contributed by atoms with E-state index >= 15 is 0 Å². The van der Waals surface area contributed by atoms with Gasteiger partial charge in [0.2, 0.25) is 5.91 Å². The molecule has 0 aliphatic rings. The zero-order valence-electron chi connectivity index (χ0n) is 13.4. The van der Waals surface area contributed by atoms with E-state index in [0.29, 0.717) is 21.9 Å². The first-order chi connectivity index (χ1) is 11.6. The molecule has 2 aromatic heterocycles. The van der Waals surface area contributed by atoms with E-state index in [9.17, 15) is 9.59 Å². The number of thioether (sulfide) groups is 1. The van der Waals surface area contributed by atoms with Crippen LogP contribution in [0.25, 0.3) is 10.2 Å². The lowest BCUT2D eigenvalue weighted by atomic mass is 10.3. The Morgan fingerprint density at radius 3 is 2.79 bits per heavy atom. The van der Waals surface area contributed by atoms with Crippen molar-refractivity contribution in [3.63, 3.8) is 0 Å². The summed E-state index contributed by atoms with van der Waals surface area (Å²) in [6, 6.07) is 11.1. The van der Waals surface area contributed by atoms with Gasteiger partial charge in [-0.15, -0.1) is 11.3 Å². The van der Waals surface area contributed by atoms with E-state index in [2.05, 4.69) is 10.3 Å². The molecule has 2 heterocycles. The van der Waals surface area contributed by atoms with Crippen LogP contribution in [0.15, 0.2) is 51.7 Å². The fraction of sp³-hybridized carbons (Fsp3) is 0.235. The summed E-state index contributed by atoms with van der Waals surface area (Å²) in [6.45, 7) is 4.24. The van der Waals surface area contributed by atoms with Crippen LogP contribution in [0, 0.1) is 0 Å². The Hall–Kier alpha value is -2.12. The molecule has 1 amide bonds. The largest absolute Gasteiger partial charge is 0.325 e. The second-order valence-electron chi connectivity index (χ2n) is 5.19. The Bertz CT molecular complexity index is 918. The van der Waals surface area contributed by atoms with Crippen LogP contribution >= 0.6 is 23.1 Å². The molecule has 0 fully saturated rings. The third-order valence-corrected chi connectivity index (χ3v) is 5.52. The first-order valence-corrected chi connectivity index (χ1v) is 9.36. The summed E-state index contributed by atoms with van der Waals surface area (Å²) in [7, 11) is 0. The van der Waals surface area contributed by atoms with Crippen molar-refractivity contribution in [3.8, 4) is 0 Å². The molecule has 24 heavy (non-hydrogen) atoms. The molecule has 0 saturated heterocycles. The number of aromatic nitrogens is 2. The fourth-order valence-electron chi connectivity index (χ4n) is 2.27. The highest BCUT2D eigenvalue weighted by Crippen LogP contribution is 2.25. The number of nitrogens with zero attached hydrogens (tertiary/aromatic N) is 2. The Labute approximate surface area is 147 Å². The van der Waals surface area contributed by atoms with Crippen molar-refractivity contribution < 1.29 is 4.79 Å². The molecule has 3 rings (SSSR count). The van der Waals surface area contributed by atoms with E-state index in [-0.39, 0.29) is 16.7 Å². The van der Waals surface area contributed by atoms with Gasteiger partial charge in [0.05, 0.1) is 10.8 Å². The monoisotopic (exact) mass is 359 g/mol. The van der Waals surface area contributed by atoms with Crippen molar-refractivity contribution in [3.05, 3.63) is 52.1 Å². The first-order valence-electron chi connectivity index (χ1n) is 7.60. The number of para-hydroxylation sites is 1. The highest BCUT2D eigenvalue weighted by molar-refractivity contribution is 8.00. The molecule has 7 heteroatoms.